The van der Waals surface area contributed by atoms with Gasteiger partial charge in [0.25, 0.3) is 0 Å². The van der Waals surface area contributed by atoms with E-state index in [1.807, 2.05) is 12.3 Å². The second kappa shape index (κ2) is 5.32. The zero-order valence-corrected chi connectivity index (χ0v) is 12.2. The van der Waals surface area contributed by atoms with Gasteiger partial charge in [-0.05, 0) is 49.9 Å². The smallest absolute Gasteiger partial charge is 0.248 e. The molecule has 3 heteroatoms. The van der Waals surface area contributed by atoms with E-state index in [-0.39, 0.29) is 0 Å². The van der Waals surface area contributed by atoms with E-state index in [4.69, 9.17) is 0 Å². The normalized spacial score (nSPS) is 16.4. The van der Waals surface area contributed by atoms with Crippen LogP contribution in [0.25, 0.3) is 17.0 Å². The number of hydrogen-bond donors (Lipinski definition) is 0. The Hall–Kier alpha value is -2.16. The number of fused-ring (bicyclic) bond motifs is 1. The summed E-state index contributed by atoms with van der Waals surface area (Å²) < 4.78 is 4.72. The van der Waals surface area contributed by atoms with Crippen molar-refractivity contribution in [2.45, 2.75) is 38.1 Å². The van der Waals surface area contributed by atoms with Gasteiger partial charge in [0.1, 0.15) is 12.2 Å². The summed E-state index contributed by atoms with van der Waals surface area (Å²) in [5.74, 6) is 1.21. The predicted molar refractivity (Wildman–Crippen MR) is 82.9 cm³/mol. The van der Waals surface area contributed by atoms with E-state index in [0.717, 1.165) is 5.69 Å². The van der Waals surface area contributed by atoms with Crippen LogP contribution in [0.3, 0.4) is 0 Å². The third-order valence-corrected chi connectivity index (χ3v) is 4.50. The van der Waals surface area contributed by atoms with Crippen LogP contribution < -0.4 is 4.57 Å². The van der Waals surface area contributed by atoms with Crippen LogP contribution in [-0.2, 0) is 0 Å². The molecule has 1 aliphatic carbocycles. The minimum atomic E-state index is 0.607. The molecule has 3 nitrogen and oxygen atoms in total. The van der Waals surface area contributed by atoms with E-state index in [1.54, 1.807) is 0 Å². The average molecular weight is 278 g/mol. The van der Waals surface area contributed by atoms with Crippen molar-refractivity contribution in [1.29, 1.82) is 0 Å². The maximum Gasteiger partial charge on any atom is 0.313 e. The van der Waals surface area contributed by atoms with Crippen LogP contribution in [-0.4, -0.2) is 9.38 Å². The maximum absolute atomic E-state index is 4.59. The Labute approximate surface area is 124 Å². The van der Waals surface area contributed by atoms with Crippen molar-refractivity contribution >= 4 is 5.52 Å². The molecule has 0 aliphatic heterocycles. The molecule has 0 bridgehead atoms. The zero-order chi connectivity index (χ0) is 14.1. The molecule has 0 N–H and O–H groups in total. The fourth-order valence-corrected chi connectivity index (χ4v) is 3.47. The summed E-state index contributed by atoms with van der Waals surface area (Å²) in [5.41, 5.74) is 2.29. The van der Waals surface area contributed by atoms with Gasteiger partial charge in [-0.15, -0.1) is 0 Å². The summed E-state index contributed by atoms with van der Waals surface area (Å²) in [6.45, 7) is 0. The molecule has 1 aliphatic rings. The van der Waals surface area contributed by atoms with Crippen molar-refractivity contribution in [2.75, 3.05) is 0 Å². The monoisotopic (exact) mass is 278 g/mol. The van der Waals surface area contributed by atoms with Crippen LogP contribution in [0.5, 0.6) is 0 Å². The topological polar surface area (TPSA) is 21.2 Å². The molecule has 0 unspecified atom stereocenters. The van der Waals surface area contributed by atoms with Crippen LogP contribution in [0.4, 0.5) is 0 Å². The van der Waals surface area contributed by atoms with Gasteiger partial charge in [0.15, 0.2) is 11.2 Å². The van der Waals surface area contributed by atoms with E-state index in [1.165, 1.54) is 43.4 Å². The van der Waals surface area contributed by atoms with E-state index in [9.17, 15) is 0 Å². The van der Waals surface area contributed by atoms with Gasteiger partial charge in [-0.25, -0.2) is 9.55 Å². The molecule has 0 atom stereocenters. The average Bonchev–Trinajstić information content (AvgIpc) is 2.96. The molecule has 0 spiro atoms. The van der Waals surface area contributed by atoms with Gasteiger partial charge < -0.3 is 0 Å². The van der Waals surface area contributed by atoms with Crippen LogP contribution in [0, 0.1) is 0 Å². The lowest BCUT2D eigenvalue weighted by atomic mass is 9.95. The third kappa shape index (κ3) is 2.23. The van der Waals surface area contributed by atoms with Crippen molar-refractivity contribution in [1.82, 2.24) is 9.38 Å². The molecule has 106 valence electrons. The van der Waals surface area contributed by atoms with Gasteiger partial charge in [-0.2, -0.15) is 4.40 Å². The molecule has 1 fully saturated rings. The Bertz CT molecular complexity index is 740. The number of imidazole rings is 1. The minimum Gasteiger partial charge on any atom is -0.248 e. The fraction of sp³-hybridized carbons (Fsp3) is 0.333. The third-order valence-electron chi connectivity index (χ3n) is 4.50. The van der Waals surface area contributed by atoms with Gasteiger partial charge in [-0.1, -0.05) is 18.6 Å². The van der Waals surface area contributed by atoms with E-state index >= 15 is 0 Å². The van der Waals surface area contributed by atoms with Crippen LogP contribution in [0.15, 0.2) is 55.0 Å². The second-order valence-electron chi connectivity index (χ2n) is 5.86. The molecule has 3 heterocycles. The molecule has 4 rings (SSSR count). The summed E-state index contributed by atoms with van der Waals surface area (Å²) in [5, 5.41) is 0. The molecule has 0 radical (unpaired) electrons. The van der Waals surface area contributed by atoms with Crippen molar-refractivity contribution in [2.24, 2.45) is 0 Å². The largest absolute Gasteiger partial charge is 0.313 e. The predicted octanol–water partition coefficient (Wildman–Crippen LogP) is 3.79. The van der Waals surface area contributed by atoms with E-state index in [2.05, 4.69) is 56.7 Å². The highest BCUT2D eigenvalue weighted by atomic mass is 15.2. The first-order valence-corrected chi connectivity index (χ1v) is 7.86. The van der Waals surface area contributed by atoms with Crippen molar-refractivity contribution in [3.63, 3.8) is 0 Å². The zero-order valence-electron chi connectivity index (χ0n) is 12.2. The lowest BCUT2D eigenvalue weighted by molar-refractivity contribution is -0.714. The summed E-state index contributed by atoms with van der Waals surface area (Å²) >= 11 is 0. The summed E-state index contributed by atoms with van der Waals surface area (Å²) in [4.78, 5) is 4.59. The van der Waals surface area contributed by atoms with Gasteiger partial charge in [0.05, 0.1) is 6.20 Å². The van der Waals surface area contributed by atoms with Gasteiger partial charge in [-0.3, -0.25) is 0 Å². The molecule has 1 saturated carbocycles. The van der Waals surface area contributed by atoms with Crippen LogP contribution in [0.2, 0.25) is 0 Å². The summed E-state index contributed by atoms with van der Waals surface area (Å²) in [6.07, 6.45) is 12.9. The van der Waals surface area contributed by atoms with E-state index < -0.39 is 0 Å². The summed E-state index contributed by atoms with van der Waals surface area (Å²) in [7, 11) is 0. The Morgan fingerprint density at radius 1 is 1.00 bits per heavy atom. The fourth-order valence-electron chi connectivity index (χ4n) is 3.47. The number of aromatic nitrogens is 3. The van der Waals surface area contributed by atoms with Crippen molar-refractivity contribution < 1.29 is 4.57 Å². The van der Waals surface area contributed by atoms with Crippen LogP contribution in [0.1, 0.15) is 38.1 Å². The molecular weight excluding hydrogens is 258 g/mol. The summed E-state index contributed by atoms with van der Waals surface area (Å²) in [6, 6.07) is 13.1. The Balaban J connectivity index is 1.92. The van der Waals surface area contributed by atoms with Crippen molar-refractivity contribution in [3.05, 3.63) is 55.0 Å². The molecular formula is C18H20N3+. The number of hydrogen-bond acceptors (Lipinski definition) is 1. The number of nitrogens with zero attached hydrogens (tertiary/aromatic N) is 3. The van der Waals surface area contributed by atoms with Gasteiger partial charge in [0.2, 0.25) is 0 Å². The Morgan fingerprint density at radius 3 is 2.67 bits per heavy atom. The molecule has 0 aromatic carbocycles. The van der Waals surface area contributed by atoms with Gasteiger partial charge >= 0.3 is 5.82 Å². The highest BCUT2D eigenvalue weighted by Gasteiger charge is 2.28. The minimum absolute atomic E-state index is 0.607. The van der Waals surface area contributed by atoms with Gasteiger partial charge in [0, 0.05) is 6.20 Å². The Kier molecular flexibility index (Phi) is 3.18. The second-order valence-corrected chi connectivity index (χ2v) is 5.86. The Morgan fingerprint density at radius 2 is 1.86 bits per heavy atom. The highest BCUT2D eigenvalue weighted by molar-refractivity contribution is 5.55. The molecule has 3 aromatic rings. The quantitative estimate of drug-likeness (QED) is 0.653. The lowest BCUT2D eigenvalue weighted by Gasteiger charge is -2.19. The standard InChI is InChI=1S/C18H20N3/c1-2-8-15(9-3-1)21-14-16-10-5-7-13-20(16)18(21)17-11-4-6-12-19-17/h4-7,10-15H,1-3,8-9H2/q+1. The van der Waals surface area contributed by atoms with Crippen molar-refractivity contribution in [3.8, 4) is 11.5 Å². The maximum atomic E-state index is 4.59. The molecule has 3 aromatic heterocycles. The first-order valence-electron chi connectivity index (χ1n) is 7.86. The SMILES string of the molecule is c1ccc(-c2n3ccccc3c[n+]2C2CCCCC2)nc1. The highest BCUT2D eigenvalue weighted by Crippen LogP contribution is 2.27. The lowest BCUT2D eigenvalue weighted by Crippen LogP contribution is -2.41. The van der Waals surface area contributed by atoms with Crippen LogP contribution >= 0.6 is 0 Å². The molecule has 0 amide bonds. The molecule has 0 saturated heterocycles. The first kappa shape index (κ1) is 12.6. The first-order chi connectivity index (χ1) is 10.4. The van der Waals surface area contributed by atoms with E-state index in [0.29, 0.717) is 6.04 Å². The number of rotatable bonds is 2. The molecule has 21 heavy (non-hydrogen) atoms. The number of pyridine rings is 2.